The van der Waals surface area contributed by atoms with Gasteiger partial charge >= 0.3 is 5.97 Å². The maximum Gasteiger partial charge on any atom is 0.339 e. The molecule has 0 saturated heterocycles. The third-order valence-corrected chi connectivity index (χ3v) is 10.1. The Morgan fingerprint density at radius 2 is 1.89 bits per heavy atom. The Morgan fingerprint density at radius 3 is 2.52 bits per heavy atom. The van der Waals surface area contributed by atoms with Gasteiger partial charge in [-0.25, -0.2) is 4.79 Å². The summed E-state index contributed by atoms with van der Waals surface area (Å²) in [5.41, 5.74) is -3.08. The molecule has 27 heavy (non-hydrogen) atoms. The summed E-state index contributed by atoms with van der Waals surface area (Å²) >= 11 is 3.85. The highest BCUT2D eigenvalue weighted by Gasteiger charge is 2.75. The van der Waals surface area contributed by atoms with Gasteiger partial charge in [0.2, 0.25) is 0 Å². The van der Waals surface area contributed by atoms with Crippen molar-refractivity contribution < 1.29 is 30.0 Å². The first kappa shape index (κ1) is 19.3. The zero-order chi connectivity index (χ0) is 20.0. The third kappa shape index (κ3) is 2.01. The summed E-state index contributed by atoms with van der Waals surface area (Å²) in [6.45, 7) is 3.66. The van der Waals surface area contributed by atoms with E-state index in [0.717, 1.165) is 5.57 Å². The molecule has 6 nitrogen and oxygen atoms in total. The fraction of sp³-hybridized carbons (Fsp3) is 0.700. The molecule has 0 heterocycles. The van der Waals surface area contributed by atoms with Crippen LogP contribution in [-0.2, 0) is 9.59 Å². The van der Waals surface area contributed by atoms with E-state index in [9.17, 15) is 30.0 Å². The van der Waals surface area contributed by atoms with Crippen molar-refractivity contribution in [1.29, 1.82) is 0 Å². The molecule has 0 spiro atoms. The number of hydrogen-bond donors (Lipinski definition) is 4. The number of carbonyl (C=O) groups is 2. The highest BCUT2D eigenvalue weighted by atomic mass is 79.9. The largest absolute Gasteiger partial charge is 0.479 e. The molecule has 4 aliphatic rings. The number of carbonyl (C=O) groups excluding carboxylic acids is 1. The topological polar surface area (TPSA) is 115 Å². The maximum absolute atomic E-state index is 11.9. The van der Waals surface area contributed by atoms with Crippen molar-refractivity contribution in [1.82, 2.24) is 0 Å². The molecule has 0 aromatic carbocycles. The minimum absolute atomic E-state index is 0.0456. The second-order valence-corrected chi connectivity index (χ2v) is 10.4. The lowest BCUT2D eigenvalue weighted by molar-refractivity contribution is -0.200. The van der Waals surface area contributed by atoms with E-state index in [4.69, 9.17) is 0 Å². The number of rotatable bonds is 1. The summed E-state index contributed by atoms with van der Waals surface area (Å²) in [6, 6.07) is 0. The van der Waals surface area contributed by atoms with Crippen LogP contribution >= 0.6 is 15.9 Å². The Labute approximate surface area is 166 Å². The number of aliphatic hydroxyl groups is 3. The average Bonchev–Trinajstić information content (AvgIpc) is 2.79. The number of allylic oxidation sites excluding steroid dienone is 4. The van der Waals surface area contributed by atoms with Crippen LogP contribution in [0.5, 0.6) is 0 Å². The number of aliphatic hydroxyl groups excluding tert-OH is 2. The van der Waals surface area contributed by atoms with Gasteiger partial charge in [0, 0.05) is 10.8 Å². The predicted molar refractivity (Wildman–Crippen MR) is 100 cm³/mol. The summed E-state index contributed by atoms with van der Waals surface area (Å²) in [5.74, 6) is -1.95. The van der Waals surface area contributed by atoms with Gasteiger partial charge in [-0.1, -0.05) is 41.4 Å². The minimum Gasteiger partial charge on any atom is -0.479 e. The molecular formula is C20H25BrO6. The number of alkyl halides is 1. The quantitative estimate of drug-likeness (QED) is 0.460. The van der Waals surface area contributed by atoms with Crippen LogP contribution in [0.25, 0.3) is 0 Å². The molecule has 148 valence electrons. The molecule has 0 radical (unpaired) electrons. The molecule has 0 aromatic heterocycles. The normalized spacial score (nSPS) is 54.0. The zero-order valence-electron chi connectivity index (χ0n) is 15.4. The van der Waals surface area contributed by atoms with Crippen molar-refractivity contribution in [2.45, 2.75) is 61.7 Å². The lowest BCUT2D eigenvalue weighted by Gasteiger charge is -2.63. The monoisotopic (exact) mass is 440 g/mol. The summed E-state index contributed by atoms with van der Waals surface area (Å²) in [7, 11) is 0. The number of carboxylic acids is 1. The zero-order valence-corrected chi connectivity index (χ0v) is 16.9. The molecule has 8 atom stereocenters. The Hall–Kier alpha value is -1.02. The molecule has 0 amide bonds. The van der Waals surface area contributed by atoms with Crippen molar-refractivity contribution in [2.24, 2.45) is 22.7 Å². The average molecular weight is 441 g/mol. The summed E-state index contributed by atoms with van der Waals surface area (Å²) in [5, 5.41) is 42.4. The van der Waals surface area contributed by atoms with Crippen LogP contribution in [-0.4, -0.2) is 54.3 Å². The van der Waals surface area contributed by atoms with Gasteiger partial charge in [0.15, 0.2) is 11.4 Å². The maximum atomic E-state index is 11.9. The van der Waals surface area contributed by atoms with E-state index in [-0.39, 0.29) is 30.5 Å². The van der Waals surface area contributed by atoms with Crippen molar-refractivity contribution in [3.63, 3.8) is 0 Å². The van der Waals surface area contributed by atoms with E-state index in [0.29, 0.717) is 12.8 Å². The second-order valence-electron chi connectivity index (χ2n) is 9.09. The van der Waals surface area contributed by atoms with Gasteiger partial charge in [0.05, 0.1) is 16.5 Å². The first-order valence-corrected chi connectivity index (χ1v) is 10.2. The number of carboxylic acid groups (broad SMARTS) is 1. The molecule has 0 bridgehead atoms. The summed E-state index contributed by atoms with van der Waals surface area (Å²) < 4.78 is -0.797. The van der Waals surface area contributed by atoms with Gasteiger partial charge in [0.25, 0.3) is 0 Å². The second kappa shape index (κ2) is 5.53. The van der Waals surface area contributed by atoms with E-state index in [1.807, 2.05) is 13.0 Å². The molecular weight excluding hydrogens is 416 g/mol. The molecule has 0 aliphatic heterocycles. The summed E-state index contributed by atoms with van der Waals surface area (Å²) in [6.07, 6.45) is 4.17. The fourth-order valence-corrected chi connectivity index (χ4v) is 7.71. The SMILES string of the molecule is C[C@]12C=CC(=O)C=C1CC[C@H]1[C@@H]3C[C@@H](O)[C@](O)(C(=O)O)[C@@]3(C)C[C@H](O)[C@@]12Br. The lowest BCUT2D eigenvalue weighted by atomic mass is 9.46. The molecule has 4 rings (SSSR count). The van der Waals surface area contributed by atoms with E-state index in [2.05, 4.69) is 15.9 Å². The fourth-order valence-electron chi connectivity index (χ4n) is 6.61. The Morgan fingerprint density at radius 1 is 1.22 bits per heavy atom. The third-order valence-electron chi connectivity index (χ3n) is 8.19. The number of halogens is 1. The van der Waals surface area contributed by atoms with Crippen molar-refractivity contribution in [3.05, 3.63) is 23.8 Å². The molecule has 4 aliphatic carbocycles. The van der Waals surface area contributed by atoms with E-state index < -0.39 is 38.9 Å². The molecule has 7 heteroatoms. The van der Waals surface area contributed by atoms with Crippen LogP contribution in [0.4, 0.5) is 0 Å². The number of ketones is 1. The summed E-state index contributed by atoms with van der Waals surface area (Å²) in [4.78, 5) is 23.8. The highest BCUT2D eigenvalue weighted by Crippen LogP contribution is 2.70. The number of aliphatic carboxylic acids is 1. The smallest absolute Gasteiger partial charge is 0.339 e. The van der Waals surface area contributed by atoms with Crippen molar-refractivity contribution in [3.8, 4) is 0 Å². The molecule has 4 N–H and O–H groups in total. The van der Waals surface area contributed by atoms with Crippen LogP contribution < -0.4 is 0 Å². The van der Waals surface area contributed by atoms with Gasteiger partial charge in [0.1, 0.15) is 0 Å². The van der Waals surface area contributed by atoms with Crippen molar-refractivity contribution in [2.75, 3.05) is 0 Å². The molecule has 0 unspecified atom stereocenters. The first-order chi connectivity index (χ1) is 12.4. The van der Waals surface area contributed by atoms with Gasteiger partial charge in [-0.15, -0.1) is 0 Å². The molecule has 3 saturated carbocycles. The van der Waals surface area contributed by atoms with Crippen LogP contribution in [0.2, 0.25) is 0 Å². The Balaban J connectivity index is 1.85. The van der Waals surface area contributed by atoms with Crippen LogP contribution in [0.15, 0.2) is 23.8 Å². The van der Waals surface area contributed by atoms with Crippen molar-refractivity contribution >= 4 is 27.7 Å². The van der Waals surface area contributed by atoms with Crippen LogP contribution in [0, 0.1) is 22.7 Å². The molecule has 3 fully saturated rings. The molecule has 0 aromatic rings. The Bertz CT molecular complexity index is 791. The van der Waals surface area contributed by atoms with Gasteiger partial charge in [-0.05, 0) is 49.7 Å². The number of fused-ring (bicyclic) bond motifs is 5. The highest BCUT2D eigenvalue weighted by molar-refractivity contribution is 9.10. The standard InChI is InChI=1S/C20H25BrO6/c1-17-6-5-11(22)7-10(17)3-4-12-13-8-14(23)20(27,16(25)26)18(13,2)9-15(24)19(12,17)21/h5-7,12-15,23-24,27H,3-4,8-9H2,1-2H3,(H,25,26)/t12-,13-,14+,15-,17-,18-,19-,20-/m0/s1. The van der Waals surface area contributed by atoms with E-state index in [1.165, 1.54) is 6.08 Å². The van der Waals surface area contributed by atoms with E-state index in [1.54, 1.807) is 13.0 Å². The van der Waals surface area contributed by atoms with Gasteiger partial charge in [-0.3, -0.25) is 4.79 Å². The van der Waals surface area contributed by atoms with Crippen LogP contribution in [0.3, 0.4) is 0 Å². The van der Waals surface area contributed by atoms with Crippen LogP contribution in [0.1, 0.15) is 39.5 Å². The predicted octanol–water partition coefficient (Wildman–Crippen LogP) is 1.57. The Kier molecular flexibility index (Phi) is 3.95. The van der Waals surface area contributed by atoms with Gasteiger partial charge in [-0.2, -0.15) is 0 Å². The first-order valence-electron chi connectivity index (χ1n) is 9.38. The van der Waals surface area contributed by atoms with E-state index >= 15 is 0 Å². The lowest BCUT2D eigenvalue weighted by Crippen LogP contribution is -2.69. The minimum atomic E-state index is -2.29. The van der Waals surface area contributed by atoms with Gasteiger partial charge < -0.3 is 20.4 Å². The number of hydrogen-bond acceptors (Lipinski definition) is 5.